The van der Waals surface area contributed by atoms with Crippen molar-refractivity contribution in [3.8, 4) is 0 Å². The third-order valence-corrected chi connectivity index (χ3v) is 5.03. The van der Waals surface area contributed by atoms with Gasteiger partial charge in [-0.1, -0.05) is 17.7 Å². The number of rotatable bonds is 6. The second-order valence-electron chi connectivity index (χ2n) is 6.82. The summed E-state index contributed by atoms with van der Waals surface area (Å²) in [6.45, 7) is 4.43. The van der Waals surface area contributed by atoms with E-state index in [-0.39, 0.29) is 11.6 Å². The molecule has 0 saturated carbocycles. The monoisotopic (exact) mass is 427 g/mol. The van der Waals surface area contributed by atoms with Crippen LogP contribution < -0.4 is 5.32 Å². The molecule has 0 atom stereocenters. The van der Waals surface area contributed by atoms with Gasteiger partial charge in [-0.3, -0.25) is 18.8 Å². The molecule has 3 aromatic heterocycles. The van der Waals surface area contributed by atoms with Crippen molar-refractivity contribution < 1.29 is 9.18 Å². The number of benzene rings is 1. The van der Waals surface area contributed by atoms with Gasteiger partial charge in [0.25, 0.3) is 5.91 Å². The molecule has 1 aromatic carbocycles. The Morgan fingerprint density at radius 2 is 2.00 bits per heavy atom. The summed E-state index contributed by atoms with van der Waals surface area (Å²) in [6.07, 6.45) is 5.21. The van der Waals surface area contributed by atoms with Crippen molar-refractivity contribution >= 4 is 23.2 Å². The van der Waals surface area contributed by atoms with Crippen LogP contribution in [0.25, 0.3) is 0 Å². The maximum atomic E-state index is 13.3. The number of anilines is 1. The Labute approximate surface area is 176 Å². The number of carbonyl (C=O) groups is 1. The fraction of sp³-hybridized carbons (Fsp3) is 0.200. The molecule has 0 aliphatic carbocycles. The molecule has 4 aromatic rings. The minimum absolute atomic E-state index is 0.287. The van der Waals surface area contributed by atoms with E-state index in [4.69, 9.17) is 11.6 Å². The van der Waals surface area contributed by atoms with Crippen LogP contribution >= 0.6 is 11.6 Å². The lowest BCUT2D eigenvalue weighted by Gasteiger charge is -2.08. The minimum Gasteiger partial charge on any atom is -0.317 e. The van der Waals surface area contributed by atoms with Crippen molar-refractivity contribution in [2.45, 2.75) is 27.1 Å². The van der Waals surface area contributed by atoms with Gasteiger partial charge in [-0.25, -0.2) is 4.39 Å². The summed E-state index contributed by atoms with van der Waals surface area (Å²) in [7, 11) is 0. The van der Waals surface area contributed by atoms with E-state index in [0.717, 1.165) is 11.3 Å². The van der Waals surface area contributed by atoms with E-state index >= 15 is 0 Å². The van der Waals surface area contributed by atoms with Gasteiger partial charge in [0.1, 0.15) is 12.5 Å². The lowest BCUT2D eigenvalue weighted by molar-refractivity contribution is 0.102. The van der Waals surface area contributed by atoms with E-state index in [9.17, 15) is 9.18 Å². The van der Waals surface area contributed by atoms with Gasteiger partial charge in [-0.2, -0.15) is 15.3 Å². The number of aryl methyl sites for hydroxylation is 1. The summed E-state index contributed by atoms with van der Waals surface area (Å²) in [5, 5.41) is 16.1. The Kier molecular flexibility index (Phi) is 5.37. The maximum Gasteiger partial charge on any atom is 0.276 e. The SMILES string of the molecule is Cc1nn(Cc2ccc(F)cc2Cl)c(C)c1NC(=O)c1ccn(Cn2cccn2)n1. The van der Waals surface area contributed by atoms with Crippen LogP contribution in [0.1, 0.15) is 27.4 Å². The zero-order valence-electron chi connectivity index (χ0n) is 16.4. The van der Waals surface area contributed by atoms with Crippen LogP contribution in [0.3, 0.4) is 0 Å². The van der Waals surface area contributed by atoms with Crippen LogP contribution in [-0.2, 0) is 13.2 Å². The normalized spacial score (nSPS) is 11.1. The Morgan fingerprint density at radius 1 is 1.17 bits per heavy atom. The van der Waals surface area contributed by atoms with E-state index in [1.54, 1.807) is 38.6 Å². The van der Waals surface area contributed by atoms with E-state index in [0.29, 0.717) is 29.6 Å². The highest BCUT2D eigenvalue weighted by molar-refractivity contribution is 6.31. The number of carbonyl (C=O) groups excluding carboxylic acids is 1. The van der Waals surface area contributed by atoms with Gasteiger partial charge >= 0.3 is 0 Å². The zero-order valence-corrected chi connectivity index (χ0v) is 17.1. The molecule has 0 spiro atoms. The van der Waals surface area contributed by atoms with Crippen LogP contribution in [0.5, 0.6) is 0 Å². The van der Waals surface area contributed by atoms with Gasteiger partial charge in [0.05, 0.1) is 23.6 Å². The molecule has 4 rings (SSSR count). The highest BCUT2D eigenvalue weighted by Crippen LogP contribution is 2.24. The van der Waals surface area contributed by atoms with Crippen molar-refractivity contribution in [1.29, 1.82) is 0 Å². The second-order valence-corrected chi connectivity index (χ2v) is 7.23. The highest BCUT2D eigenvalue weighted by Gasteiger charge is 2.18. The number of halogens is 2. The summed E-state index contributed by atoms with van der Waals surface area (Å²) in [4.78, 5) is 12.7. The van der Waals surface area contributed by atoms with E-state index in [1.165, 1.54) is 12.1 Å². The quantitative estimate of drug-likeness (QED) is 0.510. The van der Waals surface area contributed by atoms with Crippen molar-refractivity contribution in [2.24, 2.45) is 0 Å². The van der Waals surface area contributed by atoms with Crippen molar-refractivity contribution in [1.82, 2.24) is 29.3 Å². The number of hydrogen-bond acceptors (Lipinski definition) is 4. The molecule has 8 nitrogen and oxygen atoms in total. The van der Waals surface area contributed by atoms with Gasteiger partial charge in [0, 0.05) is 23.6 Å². The van der Waals surface area contributed by atoms with Crippen LogP contribution in [-0.4, -0.2) is 35.2 Å². The van der Waals surface area contributed by atoms with Crippen LogP contribution in [0.4, 0.5) is 10.1 Å². The first-order valence-electron chi connectivity index (χ1n) is 9.21. The lowest BCUT2D eigenvalue weighted by Crippen LogP contribution is -2.16. The molecular weight excluding hydrogens is 409 g/mol. The van der Waals surface area contributed by atoms with Gasteiger partial charge in [-0.05, 0) is 43.7 Å². The first kappa shape index (κ1) is 19.8. The highest BCUT2D eigenvalue weighted by atomic mass is 35.5. The van der Waals surface area contributed by atoms with Gasteiger partial charge in [-0.15, -0.1) is 0 Å². The van der Waals surface area contributed by atoms with Crippen molar-refractivity contribution in [2.75, 3.05) is 5.32 Å². The van der Waals surface area contributed by atoms with Gasteiger partial charge in [0.2, 0.25) is 0 Å². The molecule has 10 heteroatoms. The topological polar surface area (TPSA) is 82.6 Å². The first-order chi connectivity index (χ1) is 14.4. The molecule has 1 N–H and O–H groups in total. The van der Waals surface area contributed by atoms with E-state index in [1.807, 2.05) is 26.1 Å². The second kappa shape index (κ2) is 8.11. The molecule has 154 valence electrons. The number of aromatic nitrogens is 6. The summed E-state index contributed by atoms with van der Waals surface area (Å²) < 4.78 is 18.3. The third-order valence-electron chi connectivity index (χ3n) is 4.68. The average molecular weight is 428 g/mol. The summed E-state index contributed by atoms with van der Waals surface area (Å²) in [5.41, 5.74) is 3.06. The van der Waals surface area contributed by atoms with Crippen molar-refractivity contribution in [3.63, 3.8) is 0 Å². The molecule has 30 heavy (non-hydrogen) atoms. The zero-order chi connectivity index (χ0) is 21.3. The molecule has 3 heterocycles. The van der Waals surface area contributed by atoms with E-state index < -0.39 is 5.82 Å². The number of nitrogens with zero attached hydrogens (tertiary/aromatic N) is 6. The Balaban J connectivity index is 1.49. The van der Waals surface area contributed by atoms with Crippen LogP contribution in [0.2, 0.25) is 5.02 Å². The molecule has 1 amide bonds. The largest absolute Gasteiger partial charge is 0.317 e. The molecule has 0 radical (unpaired) electrons. The summed E-state index contributed by atoms with van der Waals surface area (Å²) in [6, 6.07) is 7.71. The van der Waals surface area contributed by atoms with Crippen LogP contribution in [0.15, 0.2) is 48.9 Å². The summed E-state index contributed by atoms with van der Waals surface area (Å²) >= 11 is 6.13. The summed E-state index contributed by atoms with van der Waals surface area (Å²) in [5.74, 6) is -0.725. The number of amides is 1. The fourth-order valence-electron chi connectivity index (χ4n) is 3.11. The number of nitrogens with one attached hydrogen (secondary N) is 1. The molecule has 0 saturated heterocycles. The molecular formula is C20H19ClFN7O. The lowest BCUT2D eigenvalue weighted by atomic mass is 10.2. The first-order valence-corrected chi connectivity index (χ1v) is 9.58. The third kappa shape index (κ3) is 4.11. The Bertz CT molecular complexity index is 1200. The predicted octanol–water partition coefficient (Wildman–Crippen LogP) is 3.49. The van der Waals surface area contributed by atoms with Crippen LogP contribution in [0, 0.1) is 19.7 Å². The Morgan fingerprint density at radius 3 is 2.73 bits per heavy atom. The number of hydrogen-bond donors (Lipinski definition) is 1. The van der Waals surface area contributed by atoms with E-state index in [2.05, 4.69) is 20.6 Å². The van der Waals surface area contributed by atoms with Gasteiger partial charge < -0.3 is 5.32 Å². The van der Waals surface area contributed by atoms with Crippen molar-refractivity contribution in [3.05, 3.63) is 82.4 Å². The molecule has 0 unspecified atom stereocenters. The minimum atomic E-state index is -0.392. The average Bonchev–Trinajstić information content (AvgIpc) is 3.43. The molecule has 0 bridgehead atoms. The molecule has 0 aliphatic heterocycles. The fourth-order valence-corrected chi connectivity index (χ4v) is 3.34. The van der Waals surface area contributed by atoms with Gasteiger partial charge in [0.15, 0.2) is 5.69 Å². The molecule has 0 aliphatic rings. The molecule has 0 fully saturated rings. The maximum absolute atomic E-state index is 13.3. The Hall–Kier alpha value is -3.46. The standard InChI is InChI=1S/C20H19ClFN7O/c1-13-19(14(2)29(25-13)11-15-4-5-16(22)10-17(15)21)24-20(30)18-6-9-28(26-18)12-27-8-3-7-23-27/h3-10H,11-12H2,1-2H3,(H,24,30). The smallest absolute Gasteiger partial charge is 0.276 e. The predicted molar refractivity (Wildman–Crippen MR) is 110 cm³/mol.